The molecule has 128 valence electrons. The van der Waals surface area contributed by atoms with Crippen molar-refractivity contribution in [2.24, 2.45) is 0 Å². The molecule has 1 N–H and O–H groups in total. The summed E-state index contributed by atoms with van der Waals surface area (Å²) in [7, 11) is 0. The van der Waals surface area contributed by atoms with Crippen LogP contribution in [0.5, 0.6) is 0 Å². The zero-order valence-corrected chi connectivity index (χ0v) is 14.1. The highest BCUT2D eigenvalue weighted by molar-refractivity contribution is 6.07. The largest absolute Gasteiger partial charge is 0.363 e. The molecule has 2 aromatic rings. The van der Waals surface area contributed by atoms with Crippen molar-refractivity contribution in [1.82, 2.24) is 5.32 Å². The lowest BCUT2D eigenvalue weighted by Gasteiger charge is -2.31. The van der Waals surface area contributed by atoms with Crippen LogP contribution < -0.4 is 10.2 Å². The van der Waals surface area contributed by atoms with Crippen LogP contribution in [-0.4, -0.2) is 31.0 Å². The molecule has 0 unspecified atom stereocenters. The SMILES string of the molecule is C[C@@H]1CN(C(=O)[C@H]2OCCc3ccccc32)c2ccccc2C(=O)N1. The lowest BCUT2D eigenvalue weighted by Crippen LogP contribution is -2.44. The number of hydrogen-bond acceptors (Lipinski definition) is 3. The van der Waals surface area contributed by atoms with Crippen molar-refractivity contribution < 1.29 is 14.3 Å². The smallest absolute Gasteiger partial charge is 0.260 e. The maximum Gasteiger partial charge on any atom is 0.260 e. The fourth-order valence-corrected chi connectivity index (χ4v) is 3.57. The highest BCUT2D eigenvalue weighted by Crippen LogP contribution is 2.32. The zero-order chi connectivity index (χ0) is 17.4. The fourth-order valence-electron chi connectivity index (χ4n) is 3.57. The van der Waals surface area contributed by atoms with E-state index in [0.29, 0.717) is 24.4 Å². The number of para-hydroxylation sites is 1. The average Bonchev–Trinajstić information content (AvgIpc) is 2.77. The van der Waals surface area contributed by atoms with Gasteiger partial charge in [-0.15, -0.1) is 0 Å². The van der Waals surface area contributed by atoms with Crippen LogP contribution in [0.25, 0.3) is 0 Å². The van der Waals surface area contributed by atoms with E-state index < -0.39 is 6.10 Å². The van der Waals surface area contributed by atoms with Gasteiger partial charge in [-0.05, 0) is 36.6 Å². The first kappa shape index (κ1) is 15.8. The minimum absolute atomic E-state index is 0.122. The van der Waals surface area contributed by atoms with Crippen LogP contribution >= 0.6 is 0 Å². The summed E-state index contributed by atoms with van der Waals surface area (Å²) in [5, 5.41) is 2.93. The molecule has 2 amide bonds. The monoisotopic (exact) mass is 336 g/mol. The van der Waals surface area contributed by atoms with Crippen molar-refractivity contribution in [3.8, 4) is 0 Å². The molecule has 0 fully saturated rings. The van der Waals surface area contributed by atoms with E-state index in [1.165, 1.54) is 0 Å². The van der Waals surface area contributed by atoms with Crippen molar-refractivity contribution in [3.05, 3.63) is 65.2 Å². The van der Waals surface area contributed by atoms with Crippen LogP contribution in [0.2, 0.25) is 0 Å². The van der Waals surface area contributed by atoms with E-state index in [0.717, 1.165) is 17.5 Å². The number of benzene rings is 2. The van der Waals surface area contributed by atoms with Crippen molar-refractivity contribution in [2.45, 2.75) is 25.5 Å². The molecular formula is C20H20N2O3. The fraction of sp³-hybridized carbons (Fsp3) is 0.300. The van der Waals surface area contributed by atoms with Gasteiger partial charge in [0.1, 0.15) is 0 Å². The van der Waals surface area contributed by atoms with Gasteiger partial charge in [-0.1, -0.05) is 36.4 Å². The molecule has 0 saturated heterocycles. The number of nitrogens with one attached hydrogen (secondary N) is 1. The van der Waals surface area contributed by atoms with Gasteiger partial charge in [0.2, 0.25) is 0 Å². The molecule has 0 saturated carbocycles. The molecule has 5 heteroatoms. The summed E-state index contributed by atoms with van der Waals surface area (Å²) in [6.07, 6.45) is 0.186. The maximum absolute atomic E-state index is 13.3. The molecule has 2 aliphatic rings. The van der Waals surface area contributed by atoms with Gasteiger partial charge in [0.25, 0.3) is 11.8 Å². The first-order chi connectivity index (χ1) is 12.1. The predicted molar refractivity (Wildman–Crippen MR) is 94.6 cm³/mol. The third kappa shape index (κ3) is 2.81. The number of hydrogen-bond donors (Lipinski definition) is 1. The number of fused-ring (bicyclic) bond motifs is 2. The van der Waals surface area contributed by atoms with Gasteiger partial charge in [-0.25, -0.2) is 0 Å². The quantitative estimate of drug-likeness (QED) is 0.870. The summed E-state index contributed by atoms with van der Waals surface area (Å²) in [5.74, 6) is -0.272. The second kappa shape index (κ2) is 6.33. The van der Waals surface area contributed by atoms with Crippen LogP contribution in [0.1, 0.15) is 34.5 Å². The molecule has 25 heavy (non-hydrogen) atoms. The summed E-state index contributed by atoms with van der Waals surface area (Å²) in [6, 6.07) is 15.0. The molecule has 4 rings (SSSR count). The van der Waals surface area contributed by atoms with Gasteiger partial charge in [-0.3, -0.25) is 9.59 Å². The Balaban J connectivity index is 1.75. The van der Waals surface area contributed by atoms with Crippen molar-refractivity contribution >= 4 is 17.5 Å². The zero-order valence-electron chi connectivity index (χ0n) is 14.1. The third-order valence-electron chi connectivity index (χ3n) is 4.76. The van der Waals surface area contributed by atoms with Crippen molar-refractivity contribution in [1.29, 1.82) is 0 Å². The first-order valence-corrected chi connectivity index (χ1v) is 8.56. The van der Waals surface area contributed by atoms with Crippen LogP contribution in [0, 0.1) is 0 Å². The average molecular weight is 336 g/mol. The normalized spacial score (nSPS) is 22.4. The summed E-state index contributed by atoms with van der Waals surface area (Å²) in [4.78, 5) is 27.4. The Kier molecular flexibility index (Phi) is 4.01. The number of amides is 2. The lowest BCUT2D eigenvalue weighted by molar-refractivity contribution is -0.131. The van der Waals surface area contributed by atoms with Crippen LogP contribution in [0.15, 0.2) is 48.5 Å². The predicted octanol–water partition coefficient (Wildman–Crippen LogP) is 2.47. The van der Waals surface area contributed by atoms with Crippen LogP contribution in [-0.2, 0) is 16.0 Å². The van der Waals surface area contributed by atoms with E-state index in [4.69, 9.17) is 4.74 Å². The molecule has 0 spiro atoms. The Labute approximate surface area is 146 Å². The molecule has 0 aromatic heterocycles. The molecule has 0 bridgehead atoms. The molecule has 2 atom stereocenters. The molecule has 2 aliphatic heterocycles. The first-order valence-electron chi connectivity index (χ1n) is 8.56. The van der Waals surface area contributed by atoms with Crippen LogP contribution in [0.4, 0.5) is 5.69 Å². The summed E-state index contributed by atoms with van der Waals surface area (Å²) < 4.78 is 5.84. The molecule has 2 aromatic carbocycles. The molecule has 5 nitrogen and oxygen atoms in total. The second-order valence-corrected chi connectivity index (χ2v) is 6.54. The summed E-state index contributed by atoms with van der Waals surface area (Å²) >= 11 is 0. The number of nitrogens with zero attached hydrogens (tertiary/aromatic N) is 1. The Morgan fingerprint density at radius 2 is 1.92 bits per heavy atom. The van der Waals surface area contributed by atoms with E-state index in [1.54, 1.807) is 11.0 Å². The van der Waals surface area contributed by atoms with Crippen LogP contribution in [0.3, 0.4) is 0 Å². The maximum atomic E-state index is 13.3. The van der Waals surface area contributed by atoms with E-state index >= 15 is 0 Å². The Hall–Kier alpha value is -2.66. The topological polar surface area (TPSA) is 58.6 Å². The molecule has 0 aliphatic carbocycles. The van der Waals surface area contributed by atoms with Gasteiger partial charge in [-0.2, -0.15) is 0 Å². The van der Waals surface area contributed by atoms with E-state index in [-0.39, 0.29) is 17.9 Å². The van der Waals surface area contributed by atoms with E-state index in [2.05, 4.69) is 5.32 Å². The number of carbonyl (C=O) groups excluding carboxylic acids is 2. The second-order valence-electron chi connectivity index (χ2n) is 6.54. The Bertz CT molecular complexity index is 833. The molecular weight excluding hydrogens is 316 g/mol. The van der Waals surface area contributed by atoms with Crippen molar-refractivity contribution in [2.75, 3.05) is 18.1 Å². The number of anilines is 1. The Morgan fingerprint density at radius 1 is 1.16 bits per heavy atom. The summed E-state index contributed by atoms with van der Waals surface area (Å²) in [6.45, 7) is 2.85. The third-order valence-corrected chi connectivity index (χ3v) is 4.76. The molecule has 0 radical (unpaired) electrons. The lowest BCUT2D eigenvalue weighted by atomic mass is 9.96. The summed E-state index contributed by atoms with van der Waals surface area (Å²) in [5.41, 5.74) is 3.23. The minimum Gasteiger partial charge on any atom is -0.363 e. The van der Waals surface area contributed by atoms with Gasteiger partial charge in [0, 0.05) is 12.6 Å². The van der Waals surface area contributed by atoms with Gasteiger partial charge >= 0.3 is 0 Å². The number of carbonyl (C=O) groups is 2. The minimum atomic E-state index is -0.626. The van der Waals surface area contributed by atoms with Gasteiger partial charge in [0.05, 0.1) is 17.9 Å². The highest BCUT2D eigenvalue weighted by Gasteiger charge is 2.35. The van der Waals surface area contributed by atoms with E-state index in [9.17, 15) is 9.59 Å². The van der Waals surface area contributed by atoms with Crippen molar-refractivity contribution in [3.63, 3.8) is 0 Å². The van der Waals surface area contributed by atoms with E-state index in [1.807, 2.05) is 49.4 Å². The Morgan fingerprint density at radius 3 is 2.80 bits per heavy atom. The standard InChI is InChI=1S/C20H20N2O3/c1-13-12-22(17-9-5-4-8-16(17)19(23)21-13)20(24)18-15-7-3-2-6-14(15)10-11-25-18/h2-9,13,18H,10-12H2,1H3,(H,21,23)/t13-,18+/m1/s1. The highest BCUT2D eigenvalue weighted by atomic mass is 16.5. The van der Waals surface area contributed by atoms with Gasteiger partial charge < -0.3 is 15.0 Å². The number of ether oxygens (including phenoxy) is 1. The molecule has 2 heterocycles. The van der Waals surface area contributed by atoms with Gasteiger partial charge in [0.15, 0.2) is 6.10 Å². The number of rotatable bonds is 1.